The van der Waals surface area contributed by atoms with Gasteiger partial charge in [-0.2, -0.15) is 5.10 Å². The highest BCUT2D eigenvalue weighted by Crippen LogP contribution is 2.57. The van der Waals surface area contributed by atoms with Crippen LogP contribution in [0.15, 0.2) is 18.2 Å². The number of carbonyl (C=O) groups excluding carboxylic acids is 1. The van der Waals surface area contributed by atoms with Crippen molar-refractivity contribution in [1.29, 1.82) is 0 Å². The van der Waals surface area contributed by atoms with Gasteiger partial charge in [-0.1, -0.05) is 0 Å². The molecule has 0 bridgehead atoms. The molecule has 3 aliphatic rings. The molecule has 2 fully saturated rings. The Bertz CT molecular complexity index is 1060. The van der Waals surface area contributed by atoms with Crippen LogP contribution in [0.4, 0.5) is 8.78 Å². The lowest BCUT2D eigenvalue weighted by atomic mass is 9.77. The van der Waals surface area contributed by atoms with E-state index in [1.165, 1.54) is 12.1 Å². The molecule has 1 saturated carbocycles. The summed E-state index contributed by atoms with van der Waals surface area (Å²) in [6, 6.07) is 3.53. The van der Waals surface area contributed by atoms with Gasteiger partial charge in [-0.15, -0.1) is 0 Å². The molecule has 1 saturated heterocycles. The Balaban J connectivity index is 1.46. The van der Waals surface area contributed by atoms with Crippen molar-refractivity contribution in [2.75, 3.05) is 7.05 Å². The highest BCUT2D eigenvalue weighted by Gasteiger charge is 2.51. The van der Waals surface area contributed by atoms with Crippen LogP contribution in [0.2, 0.25) is 0 Å². The van der Waals surface area contributed by atoms with Gasteiger partial charge in [0.15, 0.2) is 11.5 Å². The molecule has 2 aromatic rings. The van der Waals surface area contributed by atoms with E-state index in [0.717, 1.165) is 43.0 Å². The number of piperidine rings is 1. The molecule has 1 aliphatic heterocycles. The van der Waals surface area contributed by atoms with Crippen molar-refractivity contribution in [1.82, 2.24) is 20.0 Å². The van der Waals surface area contributed by atoms with Crippen LogP contribution >= 0.6 is 0 Å². The zero-order chi connectivity index (χ0) is 22.3. The summed E-state index contributed by atoms with van der Waals surface area (Å²) in [5.74, 6) is -0.662. The average molecular weight is 429 g/mol. The highest BCUT2D eigenvalue weighted by molar-refractivity contribution is 5.94. The average Bonchev–Trinajstić information content (AvgIpc) is 3.15. The number of nitrogens with zero attached hydrogens (tertiary/aromatic N) is 3. The fraction of sp³-hybridized carbons (Fsp3) is 0.583. The molecule has 0 unspecified atom stereocenters. The van der Waals surface area contributed by atoms with Gasteiger partial charge >= 0.3 is 0 Å². The molecular formula is C24H30F2N4O. The third-order valence-corrected chi connectivity index (χ3v) is 7.76. The summed E-state index contributed by atoms with van der Waals surface area (Å²) in [6.45, 7) is 8.79. The fourth-order valence-electron chi connectivity index (χ4n) is 5.86. The molecule has 2 aliphatic carbocycles. The van der Waals surface area contributed by atoms with Crippen LogP contribution in [-0.4, -0.2) is 44.8 Å². The predicted molar refractivity (Wildman–Crippen MR) is 114 cm³/mol. The molecule has 5 nitrogen and oxygen atoms in total. The summed E-state index contributed by atoms with van der Waals surface area (Å²) in [7, 11) is 2.14. The number of benzene rings is 1. The van der Waals surface area contributed by atoms with Crippen LogP contribution in [-0.2, 0) is 6.42 Å². The van der Waals surface area contributed by atoms with Crippen molar-refractivity contribution in [3.05, 3.63) is 46.8 Å². The van der Waals surface area contributed by atoms with Gasteiger partial charge in [-0.05, 0) is 78.5 Å². The first-order valence-electron chi connectivity index (χ1n) is 11.1. The molecule has 1 N–H and O–H groups in total. The molecule has 0 spiro atoms. The van der Waals surface area contributed by atoms with Gasteiger partial charge in [-0.3, -0.25) is 9.69 Å². The largest absolute Gasteiger partial charge is 0.348 e. The normalized spacial score (nSPS) is 26.4. The number of carbonyl (C=O) groups is 1. The minimum atomic E-state index is -0.667. The number of halogens is 2. The van der Waals surface area contributed by atoms with E-state index < -0.39 is 11.6 Å². The van der Waals surface area contributed by atoms with E-state index in [4.69, 9.17) is 0 Å². The summed E-state index contributed by atoms with van der Waals surface area (Å²) < 4.78 is 29.5. The summed E-state index contributed by atoms with van der Waals surface area (Å²) in [5, 5.41) is 7.77. The number of amides is 1. The smallest absolute Gasteiger partial charge is 0.272 e. The number of aromatic nitrogens is 2. The summed E-state index contributed by atoms with van der Waals surface area (Å²) >= 11 is 0. The number of fused-ring (bicyclic) bond motifs is 3. The van der Waals surface area contributed by atoms with Crippen LogP contribution < -0.4 is 5.32 Å². The van der Waals surface area contributed by atoms with Gasteiger partial charge in [0.2, 0.25) is 0 Å². The molecule has 1 amide bonds. The standard InChI is InChI=1S/C24H30F2N4O/c1-23(2)11-15(12-24(3,4)29(23)5)27-22(31)20-17-9-13-8-16(13)21(17)30(28-20)19-7-6-14(25)10-18(19)26/h6-7,10,13,15-16H,8-9,11-12H2,1-5H3,(H,27,31)/t13-,16-/m1/s1. The van der Waals surface area contributed by atoms with E-state index in [2.05, 4.69) is 50.1 Å². The second-order valence-electron chi connectivity index (χ2n) is 10.8. The van der Waals surface area contributed by atoms with Crippen molar-refractivity contribution in [3.8, 4) is 5.69 Å². The zero-order valence-electron chi connectivity index (χ0n) is 18.8. The third kappa shape index (κ3) is 3.28. The molecule has 7 heteroatoms. The first-order valence-corrected chi connectivity index (χ1v) is 11.1. The molecule has 1 aromatic carbocycles. The van der Waals surface area contributed by atoms with Crippen molar-refractivity contribution in [3.63, 3.8) is 0 Å². The van der Waals surface area contributed by atoms with Gasteiger partial charge in [0.05, 0.1) is 5.69 Å². The van der Waals surface area contributed by atoms with Gasteiger partial charge in [-0.25, -0.2) is 13.5 Å². The fourth-order valence-corrected chi connectivity index (χ4v) is 5.86. The van der Waals surface area contributed by atoms with E-state index in [0.29, 0.717) is 17.5 Å². The quantitative estimate of drug-likeness (QED) is 0.798. The Kier molecular flexibility index (Phi) is 4.39. The molecule has 0 radical (unpaired) electrons. The maximum Gasteiger partial charge on any atom is 0.272 e. The van der Waals surface area contributed by atoms with Crippen molar-refractivity contribution >= 4 is 5.91 Å². The first-order chi connectivity index (χ1) is 14.5. The molecular weight excluding hydrogens is 398 g/mol. The Morgan fingerprint density at radius 3 is 2.48 bits per heavy atom. The second kappa shape index (κ2) is 6.61. The SMILES string of the molecule is CN1C(C)(C)CC(NC(=O)c2nn(-c3ccc(F)cc3F)c3c2C[C@H]2C[C@@H]32)CC1(C)C. The molecule has 31 heavy (non-hydrogen) atoms. The predicted octanol–water partition coefficient (Wildman–Crippen LogP) is 4.19. The summed E-state index contributed by atoms with van der Waals surface area (Å²) in [6.07, 6.45) is 3.54. The maximum atomic E-state index is 14.5. The molecule has 1 aromatic heterocycles. The number of rotatable bonds is 3. The van der Waals surface area contributed by atoms with E-state index in [9.17, 15) is 13.6 Å². The second-order valence-corrected chi connectivity index (χ2v) is 10.8. The minimum Gasteiger partial charge on any atom is -0.348 e. The van der Waals surface area contributed by atoms with E-state index in [-0.39, 0.29) is 28.7 Å². The van der Waals surface area contributed by atoms with Crippen molar-refractivity contribution in [2.24, 2.45) is 5.92 Å². The van der Waals surface area contributed by atoms with Crippen LogP contribution in [0.3, 0.4) is 0 Å². The monoisotopic (exact) mass is 428 g/mol. The van der Waals surface area contributed by atoms with E-state index >= 15 is 0 Å². The number of hydrogen-bond acceptors (Lipinski definition) is 3. The van der Waals surface area contributed by atoms with E-state index in [1.54, 1.807) is 4.68 Å². The van der Waals surface area contributed by atoms with E-state index in [1.807, 2.05) is 0 Å². The first kappa shape index (κ1) is 20.6. The van der Waals surface area contributed by atoms with Crippen LogP contribution in [0, 0.1) is 17.6 Å². The van der Waals surface area contributed by atoms with Gasteiger partial charge in [0, 0.05) is 34.7 Å². The Hall–Kier alpha value is -2.28. The van der Waals surface area contributed by atoms with Crippen LogP contribution in [0.5, 0.6) is 0 Å². The summed E-state index contributed by atoms with van der Waals surface area (Å²) in [5.41, 5.74) is 2.35. The van der Waals surface area contributed by atoms with Crippen molar-refractivity contribution in [2.45, 2.75) is 76.4 Å². The van der Waals surface area contributed by atoms with Crippen LogP contribution in [0.25, 0.3) is 5.69 Å². The topological polar surface area (TPSA) is 50.2 Å². The Morgan fingerprint density at radius 2 is 1.84 bits per heavy atom. The highest BCUT2D eigenvalue weighted by atomic mass is 19.1. The number of likely N-dealkylation sites (tertiary alicyclic amines) is 1. The lowest BCUT2D eigenvalue weighted by molar-refractivity contribution is -0.0169. The minimum absolute atomic E-state index is 0.0352. The lowest BCUT2D eigenvalue weighted by Gasteiger charge is -2.53. The third-order valence-electron chi connectivity index (χ3n) is 7.76. The number of hydrogen-bond donors (Lipinski definition) is 1. The molecule has 166 valence electrons. The summed E-state index contributed by atoms with van der Waals surface area (Å²) in [4.78, 5) is 15.7. The Morgan fingerprint density at radius 1 is 1.16 bits per heavy atom. The number of nitrogens with one attached hydrogen (secondary N) is 1. The lowest BCUT2D eigenvalue weighted by Crippen LogP contribution is -2.62. The molecule has 5 rings (SSSR count). The van der Waals surface area contributed by atoms with Gasteiger partial charge < -0.3 is 5.32 Å². The van der Waals surface area contributed by atoms with Crippen molar-refractivity contribution < 1.29 is 13.6 Å². The van der Waals surface area contributed by atoms with Gasteiger partial charge in [0.25, 0.3) is 5.91 Å². The Labute approximate surface area is 181 Å². The molecule has 2 atom stereocenters. The zero-order valence-corrected chi connectivity index (χ0v) is 18.8. The van der Waals surface area contributed by atoms with Gasteiger partial charge in [0.1, 0.15) is 11.5 Å². The molecule has 2 heterocycles. The maximum absolute atomic E-state index is 14.5. The van der Waals surface area contributed by atoms with Crippen LogP contribution in [0.1, 0.15) is 74.6 Å².